The van der Waals surface area contributed by atoms with Crippen molar-refractivity contribution < 1.29 is 9.59 Å². The van der Waals surface area contributed by atoms with Gasteiger partial charge in [-0.2, -0.15) is 0 Å². The smallest absolute Gasteiger partial charge is 0.212 e. The molecular formula is C15H11NO2. The van der Waals surface area contributed by atoms with Gasteiger partial charge in [-0.3, -0.25) is 14.6 Å². The molecule has 1 aliphatic rings. The number of hydrogen-bond donors (Lipinski definition) is 0. The number of benzene rings is 1. The van der Waals surface area contributed by atoms with Crippen LogP contribution >= 0.6 is 0 Å². The zero-order valence-corrected chi connectivity index (χ0v) is 10.2. The molecule has 88 valence electrons. The Morgan fingerprint density at radius 3 is 2.50 bits per heavy atom. The van der Waals surface area contributed by atoms with E-state index in [4.69, 9.17) is 0 Å². The molecule has 3 nitrogen and oxygen atoms in total. The number of aromatic nitrogens is 1. The Hall–Kier alpha value is -2.29. The second-order valence-corrected chi connectivity index (χ2v) is 4.49. The fourth-order valence-corrected chi connectivity index (χ4v) is 2.33. The summed E-state index contributed by atoms with van der Waals surface area (Å²) < 4.78 is 0. The Kier molecular flexibility index (Phi) is 2.17. The molecule has 2 aromatic rings. The first kappa shape index (κ1) is 10.8. The minimum Gasteiger partial charge on any atom is -0.288 e. The summed E-state index contributed by atoms with van der Waals surface area (Å²) in [5, 5.41) is 0. The highest BCUT2D eigenvalue weighted by Gasteiger charge is 2.31. The maximum absolute atomic E-state index is 12.4. The summed E-state index contributed by atoms with van der Waals surface area (Å²) in [6.07, 6.45) is 1.54. The van der Waals surface area contributed by atoms with Crippen LogP contribution in [0.25, 0.3) is 0 Å². The molecule has 1 aliphatic carbocycles. The number of carbonyl (C=O) groups is 2. The van der Waals surface area contributed by atoms with E-state index < -0.39 is 0 Å². The van der Waals surface area contributed by atoms with Crippen molar-refractivity contribution in [2.24, 2.45) is 0 Å². The average molecular weight is 237 g/mol. The molecule has 1 aromatic carbocycles. The van der Waals surface area contributed by atoms with Crippen molar-refractivity contribution in [2.75, 3.05) is 0 Å². The summed E-state index contributed by atoms with van der Waals surface area (Å²) in [5.41, 5.74) is 3.55. The number of rotatable bonds is 0. The lowest BCUT2D eigenvalue weighted by atomic mass is 9.83. The molecule has 3 heteroatoms. The van der Waals surface area contributed by atoms with Crippen LogP contribution < -0.4 is 0 Å². The topological polar surface area (TPSA) is 47.0 Å². The van der Waals surface area contributed by atoms with Crippen LogP contribution in [0.3, 0.4) is 0 Å². The van der Waals surface area contributed by atoms with Gasteiger partial charge in [-0.05, 0) is 43.2 Å². The maximum Gasteiger partial charge on any atom is 0.212 e. The molecule has 0 bridgehead atoms. The van der Waals surface area contributed by atoms with E-state index in [1.807, 2.05) is 19.9 Å². The van der Waals surface area contributed by atoms with Crippen LogP contribution in [0.1, 0.15) is 43.1 Å². The van der Waals surface area contributed by atoms with E-state index in [1.165, 1.54) is 6.20 Å². The van der Waals surface area contributed by atoms with Crippen molar-refractivity contribution >= 4 is 11.6 Å². The van der Waals surface area contributed by atoms with Gasteiger partial charge in [-0.1, -0.05) is 6.07 Å². The molecule has 0 saturated heterocycles. The molecule has 0 aliphatic heterocycles. The predicted octanol–water partition coefficient (Wildman–Crippen LogP) is 2.47. The van der Waals surface area contributed by atoms with Gasteiger partial charge in [0.2, 0.25) is 5.78 Å². The van der Waals surface area contributed by atoms with Crippen LogP contribution in [0.4, 0.5) is 0 Å². The van der Waals surface area contributed by atoms with E-state index >= 15 is 0 Å². The number of fused-ring (bicyclic) bond motifs is 2. The summed E-state index contributed by atoms with van der Waals surface area (Å²) in [6.45, 7) is 3.81. The van der Waals surface area contributed by atoms with Crippen molar-refractivity contribution in [3.05, 3.63) is 64.0 Å². The summed E-state index contributed by atoms with van der Waals surface area (Å²) in [5.74, 6) is -0.266. The standard InChI is InChI=1S/C15H11NO2/c1-8-5-6-10-12(9(8)2)14(17)11-4-3-7-16-13(11)15(10)18/h3-7H,1-2H3. The van der Waals surface area contributed by atoms with Crippen LogP contribution in [0.2, 0.25) is 0 Å². The Morgan fingerprint density at radius 1 is 0.944 bits per heavy atom. The molecule has 3 rings (SSSR count). The lowest BCUT2D eigenvalue weighted by Gasteiger charge is -2.19. The third-order valence-electron chi connectivity index (χ3n) is 3.47. The highest BCUT2D eigenvalue weighted by molar-refractivity contribution is 6.28. The van der Waals surface area contributed by atoms with Gasteiger partial charge >= 0.3 is 0 Å². The van der Waals surface area contributed by atoms with E-state index in [0.717, 1.165) is 11.1 Å². The van der Waals surface area contributed by atoms with Crippen molar-refractivity contribution in [2.45, 2.75) is 13.8 Å². The summed E-state index contributed by atoms with van der Waals surface area (Å²) >= 11 is 0. The van der Waals surface area contributed by atoms with Gasteiger partial charge in [0, 0.05) is 17.3 Å². The monoisotopic (exact) mass is 237 g/mol. The molecule has 0 saturated carbocycles. The van der Waals surface area contributed by atoms with E-state index in [-0.39, 0.29) is 17.3 Å². The van der Waals surface area contributed by atoms with Gasteiger partial charge in [-0.15, -0.1) is 0 Å². The molecule has 0 unspecified atom stereocenters. The summed E-state index contributed by atoms with van der Waals surface area (Å²) in [6, 6.07) is 6.93. The van der Waals surface area contributed by atoms with Gasteiger partial charge in [0.15, 0.2) is 5.78 Å². The van der Waals surface area contributed by atoms with E-state index in [1.54, 1.807) is 18.2 Å². The van der Waals surface area contributed by atoms with E-state index in [2.05, 4.69) is 4.98 Å². The van der Waals surface area contributed by atoms with Crippen molar-refractivity contribution in [3.63, 3.8) is 0 Å². The average Bonchev–Trinajstić information content (AvgIpc) is 2.39. The number of carbonyl (C=O) groups excluding carboxylic acids is 2. The molecule has 0 amide bonds. The molecule has 0 N–H and O–H groups in total. The lowest BCUT2D eigenvalue weighted by molar-refractivity contribution is 0.0974. The summed E-state index contributed by atoms with van der Waals surface area (Å²) in [7, 11) is 0. The number of nitrogens with zero attached hydrogens (tertiary/aromatic N) is 1. The number of aryl methyl sites for hydroxylation is 1. The highest BCUT2D eigenvalue weighted by Crippen LogP contribution is 2.29. The van der Waals surface area contributed by atoms with Gasteiger partial charge in [0.1, 0.15) is 5.69 Å². The van der Waals surface area contributed by atoms with Crippen LogP contribution in [0.5, 0.6) is 0 Å². The van der Waals surface area contributed by atoms with Gasteiger partial charge in [0.25, 0.3) is 0 Å². The van der Waals surface area contributed by atoms with Crippen molar-refractivity contribution in [1.29, 1.82) is 0 Å². The molecule has 1 heterocycles. The fourth-order valence-electron chi connectivity index (χ4n) is 2.33. The Balaban J connectivity index is 2.38. The van der Waals surface area contributed by atoms with Crippen LogP contribution in [-0.2, 0) is 0 Å². The lowest BCUT2D eigenvalue weighted by Crippen LogP contribution is -2.23. The molecular weight excluding hydrogens is 226 g/mol. The third-order valence-corrected chi connectivity index (χ3v) is 3.47. The van der Waals surface area contributed by atoms with Crippen LogP contribution in [0.15, 0.2) is 30.5 Å². The van der Waals surface area contributed by atoms with Gasteiger partial charge < -0.3 is 0 Å². The number of pyridine rings is 1. The zero-order chi connectivity index (χ0) is 12.9. The zero-order valence-electron chi connectivity index (χ0n) is 10.2. The Bertz CT molecular complexity index is 702. The number of ketones is 2. The highest BCUT2D eigenvalue weighted by atomic mass is 16.1. The van der Waals surface area contributed by atoms with Crippen molar-refractivity contribution in [3.8, 4) is 0 Å². The molecule has 1 aromatic heterocycles. The third kappa shape index (κ3) is 1.27. The largest absolute Gasteiger partial charge is 0.288 e. The van der Waals surface area contributed by atoms with E-state index in [9.17, 15) is 9.59 Å². The van der Waals surface area contributed by atoms with Gasteiger partial charge in [-0.25, -0.2) is 0 Å². The molecule has 0 radical (unpaired) electrons. The molecule has 0 spiro atoms. The molecule has 0 atom stereocenters. The predicted molar refractivity (Wildman–Crippen MR) is 67.0 cm³/mol. The van der Waals surface area contributed by atoms with Crippen molar-refractivity contribution in [1.82, 2.24) is 4.98 Å². The van der Waals surface area contributed by atoms with Crippen LogP contribution in [-0.4, -0.2) is 16.6 Å². The SMILES string of the molecule is Cc1ccc2c(c1C)C(=O)c1cccnc1C2=O. The Labute approximate surface area is 104 Å². The minimum absolute atomic E-state index is 0.103. The first-order valence-electron chi connectivity index (χ1n) is 5.76. The first-order chi connectivity index (χ1) is 8.61. The fraction of sp³-hybridized carbons (Fsp3) is 0.133. The minimum atomic E-state index is -0.164. The first-order valence-corrected chi connectivity index (χ1v) is 5.76. The number of hydrogen-bond acceptors (Lipinski definition) is 3. The van der Waals surface area contributed by atoms with E-state index in [0.29, 0.717) is 16.7 Å². The normalized spacial score (nSPS) is 13.2. The second kappa shape index (κ2) is 3.60. The van der Waals surface area contributed by atoms with Gasteiger partial charge in [0.05, 0.1) is 5.56 Å². The quantitative estimate of drug-likeness (QED) is 0.603. The Morgan fingerprint density at radius 2 is 1.72 bits per heavy atom. The summed E-state index contributed by atoms with van der Waals surface area (Å²) in [4.78, 5) is 28.8. The maximum atomic E-state index is 12.4. The van der Waals surface area contributed by atoms with Crippen LogP contribution in [0, 0.1) is 13.8 Å². The second-order valence-electron chi connectivity index (χ2n) is 4.49. The molecule has 18 heavy (non-hydrogen) atoms. The molecule has 0 fully saturated rings.